The van der Waals surface area contributed by atoms with Crippen LogP contribution in [0.5, 0.6) is 0 Å². The second kappa shape index (κ2) is 4.85. The van der Waals surface area contributed by atoms with E-state index in [0.717, 1.165) is 13.1 Å². The molecule has 0 spiro atoms. The van der Waals surface area contributed by atoms with Crippen LogP contribution in [0.15, 0.2) is 10.9 Å². The van der Waals surface area contributed by atoms with Gasteiger partial charge in [0, 0.05) is 25.2 Å². The first-order valence-electron chi connectivity index (χ1n) is 5.78. The first kappa shape index (κ1) is 12.1. The van der Waals surface area contributed by atoms with Crippen LogP contribution in [0.3, 0.4) is 0 Å². The van der Waals surface area contributed by atoms with Gasteiger partial charge in [0.25, 0.3) is 5.56 Å². The van der Waals surface area contributed by atoms with Crippen molar-refractivity contribution in [3.8, 4) is 0 Å². The molecule has 1 atom stereocenters. The van der Waals surface area contributed by atoms with Crippen molar-refractivity contribution in [2.45, 2.75) is 26.0 Å². The van der Waals surface area contributed by atoms with Crippen molar-refractivity contribution >= 4 is 5.82 Å². The summed E-state index contributed by atoms with van der Waals surface area (Å²) in [6.07, 6.45) is -0.206. The van der Waals surface area contributed by atoms with Crippen LogP contribution in [0, 0.1) is 0 Å². The van der Waals surface area contributed by atoms with Crippen molar-refractivity contribution in [3.05, 3.63) is 22.2 Å². The van der Waals surface area contributed by atoms with Gasteiger partial charge in [0.2, 0.25) is 0 Å². The van der Waals surface area contributed by atoms with Gasteiger partial charge in [-0.05, 0) is 13.8 Å². The second-order valence-electron chi connectivity index (χ2n) is 4.50. The molecule has 0 bridgehead atoms. The van der Waals surface area contributed by atoms with Crippen molar-refractivity contribution in [1.82, 2.24) is 14.9 Å². The van der Waals surface area contributed by atoms with Gasteiger partial charge in [-0.2, -0.15) is 0 Å². The highest BCUT2D eigenvalue weighted by atomic mass is 16.5. The fraction of sp³-hybridized carbons (Fsp3) is 0.636. The summed E-state index contributed by atoms with van der Waals surface area (Å²) in [6, 6.07) is 1.72. The maximum Gasteiger partial charge on any atom is 0.253 e. The van der Waals surface area contributed by atoms with Crippen LogP contribution < -0.4 is 11.3 Å². The van der Waals surface area contributed by atoms with Crippen LogP contribution in [0.4, 0.5) is 5.82 Å². The van der Waals surface area contributed by atoms with Gasteiger partial charge in [-0.1, -0.05) is 0 Å². The molecule has 1 aromatic rings. The summed E-state index contributed by atoms with van der Waals surface area (Å²) in [5, 5.41) is 0. The minimum atomic E-state index is -0.238. The molecule has 6 heteroatoms. The number of nitrogens with zero attached hydrogens (tertiary/aromatic N) is 2. The van der Waals surface area contributed by atoms with E-state index >= 15 is 0 Å². The van der Waals surface area contributed by atoms with E-state index in [4.69, 9.17) is 10.5 Å². The molecular weight excluding hydrogens is 220 g/mol. The van der Waals surface area contributed by atoms with Crippen molar-refractivity contribution in [3.63, 3.8) is 0 Å². The number of H-pyrrole nitrogens is 1. The molecule has 94 valence electrons. The van der Waals surface area contributed by atoms with Gasteiger partial charge in [-0.25, -0.2) is 4.98 Å². The Morgan fingerprint density at radius 1 is 1.65 bits per heavy atom. The number of anilines is 1. The van der Waals surface area contributed by atoms with Gasteiger partial charge in [0.05, 0.1) is 6.61 Å². The SMILES string of the molecule is CC(C)N1CCOC(c2nc(N)cc(=O)[nH]2)C1. The summed E-state index contributed by atoms with van der Waals surface area (Å²) >= 11 is 0. The Balaban J connectivity index is 2.18. The predicted molar refractivity (Wildman–Crippen MR) is 64.7 cm³/mol. The minimum absolute atomic E-state index is 0.206. The van der Waals surface area contributed by atoms with E-state index in [1.54, 1.807) is 0 Å². The van der Waals surface area contributed by atoms with Crippen LogP contribution in [-0.4, -0.2) is 40.6 Å². The molecule has 0 aliphatic carbocycles. The molecule has 0 amide bonds. The lowest BCUT2D eigenvalue weighted by molar-refractivity contribution is -0.0443. The molecule has 1 aliphatic heterocycles. The van der Waals surface area contributed by atoms with Crippen LogP contribution >= 0.6 is 0 Å². The van der Waals surface area contributed by atoms with Crippen molar-refractivity contribution in [1.29, 1.82) is 0 Å². The summed E-state index contributed by atoms with van der Waals surface area (Å²) in [5.74, 6) is 0.745. The Bertz CT molecular complexity index is 443. The zero-order valence-electron chi connectivity index (χ0n) is 10.1. The molecule has 1 aromatic heterocycles. The molecule has 1 fully saturated rings. The number of hydrogen-bond donors (Lipinski definition) is 2. The van der Waals surface area contributed by atoms with E-state index in [1.165, 1.54) is 6.07 Å². The molecule has 17 heavy (non-hydrogen) atoms. The van der Waals surface area contributed by atoms with Crippen molar-refractivity contribution in [2.75, 3.05) is 25.4 Å². The number of rotatable bonds is 2. The highest BCUT2D eigenvalue weighted by Crippen LogP contribution is 2.20. The molecule has 2 heterocycles. The fourth-order valence-corrected chi connectivity index (χ4v) is 1.95. The molecule has 0 aromatic carbocycles. The summed E-state index contributed by atoms with van der Waals surface area (Å²) in [4.78, 5) is 20.4. The van der Waals surface area contributed by atoms with Gasteiger partial charge in [-0.15, -0.1) is 0 Å². The molecule has 0 radical (unpaired) electrons. The summed E-state index contributed by atoms with van der Waals surface area (Å²) in [5.41, 5.74) is 5.32. The van der Waals surface area contributed by atoms with E-state index in [-0.39, 0.29) is 17.5 Å². The molecule has 2 rings (SSSR count). The Kier molecular flexibility index (Phi) is 3.44. The molecule has 0 saturated carbocycles. The average molecular weight is 238 g/mol. The van der Waals surface area contributed by atoms with Crippen molar-refractivity contribution < 1.29 is 4.74 Å². The van der Waals surface area contributed by atoms with Gasteiger partial charge in [0.15, 0.2) is 0 Å². The zero-order valence-corrected chi connectivity index (χ0v) is 10.1. The standard InChI is InChI=1S/C11H18N4O2/c1-7(2)15-3-4-17-8(6-15)11-13-9(12)5-10(16)14-11/h5,7-8H,3-4,6H2,1-2H3,(H3,12,13,14,16). The maximum atomic E-state index is 11.3. The van der Waals surface area contributed by atoms with E-state index in [2.05, 4.69) is 28.7 Å². The van der Waals surface area contributed by atoms with Gasteiger partial charge in [-0.3, -0.25) is 9.69 Å². The van der Waals surface area contributed by atoms with Crippen LogP contribution in [0.2, 0.25) is 0 Å². The largest absolute Gasteiger partial charge is 0.383 e. The third kappa shape index (κ3) is 2.83. The van der Waals surface area contributed by atoms with E-state index < -0.39 is 0 Å². The number of hydrogen-bond acceptors (Lipinski definition) is 5. The van der Waals surface area contributed by atoms with Gasteiger partial charge >= 0.3 is 0 Å². The highest BCUT2D eigenvalue weighted by Gasteiger charge is 2.25. The zero-order chi connectivity index (χ0) is 12.4. The van der Waals surface area contributed by atoms with Crippen LogP contribution in [-0.2, 0) is 4.74 Å². The Morgan fingerprint density at radius 2 is 2.41 bits per heavy atom. The number of nitrogens with one attached hydrogen (secondary N) is 1. The monoisotopic (exact) mass is 238 g/mol. The lowest BCUT2D eigenvalue weighted by Gasteiger charge is -2.34. The molecule has 1 saturated heterocycles. The molecule has 6 nitrogen and oxygen atoms in total. The van der Waals surface area contributed by atoms with Gasteiger partial charge in [0.1, 0.15) is 17.7 Å². The first-order valence-corrected chi connectivity index (χ1v) is 5.78. The summed E-state index contributed by atoms with van der Waals surface area (Å²) in [6.45, 7) is 6.54. The molecule has 3 N–H and O–H groups in total. The average Bonchev–Trinajstić information content (AvgIpc) is 2.28. The number of nitrogen functional groups attached to an aromatic ring is 1. The number of nitrogens with two attached hydrogens (primary N) is 1. The number of aromatic amines is 1. The molecular formula is C11H18N4O2. The summed E-state index contributed by atoms with van der Waals surface area (Å²) in [7, 11) is 0. The third-order valence-electron chi connectivity index (χ3n) is 2.91. The Labute approximate surface area is 99.8 Å². The van der Waals surface area contributed by atoms with Gasteiger partial charge < -0.3 is 15.5 Å². The Hall–Kier alpha value is -1.40. The first-order chi connectivity index (χ1) is 8.06. The maximum absolute atomic E-state index is 11.3. The van der Waals surface area contributed by atoms with Crippen LogP contribution in [0.1, 0.15) is 25.8 Å². The highest BCUT2D eigenvalue weighted by molar-refractivity contribution is 5.25. The third-order valence-corrected chi connectivity index (χ3v) is 2.91. The number of ether oxygens (including phenoxy) is 1. The fourth-order valence-electron chi connectivity index (χ4n) is 1.95. The topological polar surface area (TPSA) is 84.2 Å². The molecule has 1 unspecified atom stereocenters. The lowest BCUT2D eigenvalue weighted by atomic mass is 10.2. The van der Waals surface area contributed by atoms with E-state index in [0.29, 0.717) is 18.5 Å². The number of aromatic nitrogens is 2. The minimum Gasteiger partial charge on any atom is -0.383 e. The predicted octanol–water partition coefficient (Wildman–Crippen LogP) is 0.134. The smallest absolute Gasteiger partial charge is 0.253 e. The molecule has 1 aliphatic rings. The van der Waals surface area contributed by atoms with E-state index in [9.17, 15) is 4.79 Å². The van der Waals surface area contributed by atoms with Crippen LogP contribution in [0.25, 0.3) is 0 Å². The summed E-state index contributed by atoms with van der Waals surface area (Å²) < 4.78 is 5.62. The van der Waals surface area contributed by atoms with Crippen molar-refractivity contribution in [2.24, 2.45) is 0 Å². The number of morpholine rings is 1. The quantitative estimate of drug-likeness (QED) is 0.765. The lowest BCUT2D eigenvalue weighted by Crippen LogP contribution is -2.43. The normalized spacial score (nSPS) is 21.9. The second-order valence-corrected chi connectivity index (χ2v) is 4.50. The van der Waals surface area contributed by atoms with E-state index in [1.807, 2.05) is 0 Å². The Morgan fingerprint density at radius 3 is 3.06 bits per heavy atom.